The van der Waals surface area contributed by atoms with Gasteiger partial charge in [0.25, 0.3) is 0 Å². The molecule has 1 aliphatic carbocycles. The number of rotatable bonds is 1. The molecule has 20 heavy (non-hydrogen) atoms. The molecule has 1 aromatic carbocycles. The quantitative estimate of drug-likeness (QED) is 0.756. The van der Waals surface area contributed by atoms with Crippen LogP contribution in [0, 0.1) is 17.7 Å². The lowest BCUT2D eigenvalue weighted by Gasteiger charge is -2.42. The molecule has 1 aliphatic rings. The number of aliphatic hydroxyl groups is 1. The third kappa shape index (κ3) is 2.55. The molecule has 0 radical (unpaired) electrons. The summed E-state index contributed by atoms with van der Waals surface area (Å²) in [6.45, 7) is 3.86. The van der Waals surface area contributed by atoms with E-state index in [9.17, 15) is 22.7 Å². The minimum absolute atomic E-state index is 0.118. The fraction of sp³-hybridized carbons (Fsp3) is 0.600. The van der Waals surface area contributed by atoms with E-state index in [0.29, 0.717) is 12.5 Å². The molecular formula is C15H18F4O. The van der Waals surface area contributed by atoms with Crippen molar-refractivity contribution in [1.29, 1.82) is 0 Å². The van der Waals surface area contributed by atoms with Gasteiger partial charge in [0.1, 0.15) is 5.82 Å². The normalized spacial score (nSPS) is 31.4. The van der Waals surface area contributed by atoms with Crippen molar-refractivity contribution in [3.63, 3.8) is 0 Å². The van der Waals surface area contributed by atoms with Crippen molar-refractivity contribution in [1.82, 2.24) is 0 Å². The van der Waals surface area contributed by atoms with E-state index in [1.165, 1.54) is 6.07 Å². The number of halogens is 4. The van der Waals surface area contributed by atoms with Crippen LogP contribution in [0.2, 0.25) is 0 Å². The fourth-order valence-electron chi connectivity index (χ4n) is 3.06. The van der Waals surface area contributed by atoms with Crippen LogP contribution in [0.25, 0.3) is 0 Å². The smallest absolute Gasteiger partial charge is 0.385 e. The van der Waals surface area contributed by atoms with Gasteiger partial charge in [-0.15, -0.1) is 0 Å². The van der Waals surface area contributed by atoms with E-state index in [1.54, 1.807) is 0 Å². The van der Waals surface area contributed by atoms with E-state index in [4.69, 9.17) is 0 Å². The van der Waals surface area contributed by atoms with Crippen LogP contribution < -0.4 is 0 Å². The van der Waals surface area contributed by atoms with Crippen molar-refractivity contribution >= 4 is 0 Å². The standard InChI is InChI=1S/C15H18F4O/c1-9-4-3-7-14(20,10(9)2)11-5-6-12(13(16)8-11)15(17,18)19/h5-6,8-10,20H,3-4,7H2,1-2H3. The Balaban J connectivity index is 2.41. The lowest BCUT2D eigenvalue weighted by Crippen LogP contribution is -2.40. The Morgan fingerprint density at radius 3 is 2.45 bits per heavy atom. The van der Waals surface area contributed by atoms with Crippen LogP contribution in [0.4, 0.5) is 17.6 Å². The van der Waals surface area contributed by atoms with Crippen molar-refractivity contribution in [2.75, 3.05) is 0 Å². The van der Waals surface area contributed by atoms with Crippen LogP contribution in [0.3, 0.4) is 0 Å². The van der Waals surface area contributed by atoms with Crippen LogP contribution in [-0.4, -0.2) is 5.11 Å². The van der Waals surface area contributed by atoms with E-state index in [-0.39, 0.29) is 17.4 Å². The molecule has 3 unspecified atom stereocenters. The zero-order valence-corrected chi connectivity index (χ0v) is 11.5. The number of alkyl halides is 3. The van der Waals surface area contributed by atoms with Crippen molar-refractivity contribution in [3.8, 4) is 0 Å². The first kappa shape index (κ1) is 15.3. The minimum Gasteiger partial charge on any atom is -0.385 e. The van der Waals surface area contributed by atoms with Crippen molar-refractivity contribution < 1.29 is 22.7 Å². The van der Waals surface area contributed by atoms with Gasteiger partial charge in [-0.05, 0) is 42.4 Å². The molecule has 1 saturated carbocycles. The van der Waals surface area contributed by atoms with E-state index in [2.05, 4.69) is 0 Å². The summed E-state index contributed by atoms with van der Waals surface area (Å²) in [6, 6.07) is 2.74. The summed E-state index contributed by atoms with van der Waals surface area (Å²) in [5.41, 5.74) is -2.30. The van der Waals surface area contributed by atoms with Gasteiger partial charge < -0.3 is 5.11 Å². The Bertz CT molecular complexity index is 497. The van der Waals surface area contributed by atoms with Crippen LogP contribution in [-0.2, 0) is 11.8 Å². The third-order valence-electron chi connectivity index (χ3n) is 4.60. The lowest BCUT2D eigenvalue weighted by molar-refractivity contribution is -0.140. The zero-order chi connectivity index (χ0) is 15.1. The summed E-state index contributed by atoms with van der Waals surface area (Å²) >= 11 is 0. The molecular weight excluding hydrogens is 272 g/mol. The lowest BCUT2D eigenvalue weighted by atomic mass is 9.67. The molecule has 3 atom stereocenters. The molecule has 112 valence electrons. The van der Waals surface area contributed by atoms with E-state index in [0.717, 1.165) is 18.9 Å². The van der Waals surface area contributed by atoms with Gasteiger partial charge in [-0.25, -0.2) is 4.39 Å². The highest BCUT2D eigenvalue weighted by atomic mass is 19.4. The molecule has 1 nitrogen and oxygen atoms in total. The van der Waals surface area contributed by atoms with E-state index in [1.807, 2.05) is 13.8 Å². The minimum atomic E-state index is -4.71. The van der Waals surface area contributed by atoms with Gasteiger partial charge in [0.05, 0.1) is 11.2 Å². The predicted octanol–water partition coefficient (Wildman–Crippen LogP) is 4.49. The Labute approximate surface area is 115 Å². The van der Waals surface area contributed by atoms with Gasteiger partial charge in [-0.3, -0.25) is 0 Å². The maximum Gasteiger partial charge on any atom is 0.419 e. The van der Waals surface area contributed by atoms with Crippen LogP contribution in [0.1, 0.15) is 44.2 Å². The molecule has 0 heterocycles. The molecule has 0 spiro atoms. The average molecular weight is 290 g/mol. The molecule has 1 aromatic rings. The molecule has 0 saturated heterocycles. The van der Waals surface area contributed by atoms with Gasteiger partial charge in [0.15, 0.2) is 0 Å². The summed E-state index contributed by atoms with van der Waals surface area (Å²) in [5, 5.41) is 10.8. The Morgan fingerprint density at radius 1 is 1.25 bits per heavy atom. The molecule has 1 fully saturated rings. The third-order valence-corrected chi connectivity index (χ3v) is 4.60. The highest BCUT2D eigenvalue weighted by molar-refractivity contribution is 5.31. The van der Waals surface area contributed by atoms with Gasteiger partial charge >= 0.3 is 6.18 Å². The van der Waals surface area contributed by atoms with Gasteiger partial charge in [0.2, 0.25) is 0 Å². The molecule has 1 N–H and O–H groups in total. The monoisotopic (exact) mass is 290 g/mol. The molecule has 0 bridgehead atoms. The Hall–Kier alpha value is -1.10. The number of hydrogen-bond acceptors (Lipinski definition) is 1. The van der Waals surface area contributed by atoms with Crippen molar-refractivity contribution in [2.45, 2.75) is 44.9 Å². The summed E-state index contributed by atoms with van der Waals surface area (Å²) in [6.07, 6.45) is -2.52. The summed E-state index contributed by atoms with van der Waals surface area (Å²) in [5.74, 6) is -1.19. The van der Waals surface area contributed by atoms with Crippen LogP contribution in [0.5, 0.6) is 0 Å². The molecule has 0 aliphatic heterocycles. The number of benzene rings is 1. The molecule has 0 aromatic heterocycles. The second-order valence-electron chi connectivity index (χ2n) is 5.77. The Kier molecular flexibility index (Phi) is 3.84. The van der Waals surface area contributed by atoms with Crippen LogP contribution >= 0.6 is 0 Å². The van der Waals surface area contributed by atoms with E-state index < -0.39 is 23.2 Å². The zero-order valence-electron chi connectivity index (χ0n) is 11.5. The summed E-state index contributed by atoms with van der Waals surface area (Å²) in [7, 11) is 0. The molecule has 5 heteroatoms. The summed E-state index contributed by atoms with van der Waals surface area (Å²) < 4.78 is 51.3. The molecule has 0 amide bonds. The largest absolute Gasteiger partial charge is 0.419 e. The summed E-state index contributed by atoms with van der Waals surface area (Å²) in [4.78, 5) is 0. The first-order valence-electron chi connectivity index (χ1n) is 6.76. The predicted molar refractivity (Wildman–Crippen MR) is 67.5 cm³/mol. The van der Waals surface area contributed by atoms with Crippen molar-refractivity contribution in [2.24, 2.45) is 11.8 Å². The highest BCUT2D eigenvalue weighted by Gasteiger charge is 2.42. The Morgan fingerprint density at radius 2 is 1.90 bits per heavy atom. The second kappa shape index (κ2) is 5.02. The highest BCUT2D eigenvalue weighted by Crippen LogP contribution is 2.45. The van der Waals surface area contributed by atoms with Gasteiger partial charge in [0, 0.05) is 0 Å². The van der Waals surface area contributed by atoms with Gasteiger partial charge in [-0.2, -0.15) is 13.2 Å². The maximum atomic E-state index is 13.7. The topological polar surface area (TPSA) is 20.2 Å². The fourth-order valence-corrected chi connectivity index (χ4v) is 3.06. The first-order valence-corrected chi connectivity index (χ1v) is 6.76. The van der Waals surface area contributed by atoms with Gasteiger partial charge in [-0.1, -0.05) is 26.3 Å². The molecule has 2 rings (SSSR count). The maximum absolute atomic E-state index is 13.7. The first-order chi connectivity index (χ1) is 9.16. The average Bonchev–Trinajstić information content (AvgIpc) is 2.34. The van der Waals surface area contributed by atoms with E-state index >= 15 is 0 Å². The number of hydrogen-bond donors (Lipinski definition) is 1. The van der Waals surface area contributed by atoms with Crippen LogP contribution in [0.15, 0.2) is 18.2 Å². The second-order valence-corrected chi connectivity index (χ2v) is 5.77. The SMILES string of the molecule is CC1CCCC(O)(c2ccc(C(F)(F)F)c(F)c2)C1C. The van der Waals surface area contributed by atoms with Crippen molar-refractivity contribution in [3.05, 3.63) is 35.1 Å².